The molecule has 0 saturated heterocycles. The maximum absolute atomic E-state index is 4.67. The smallest absolute Gasteiger partial charge is 0.133 e. The van der Waals surface area contributed by atoms with Crippen LogP contribution in [-0.2, 0) is 0 Å². The summed E-state index contributed by atoms with van der Waals surface area (Å²) in [6, 6.07) is 2.60. The molecule has 2 fully saturated rings. The molecule has 21 heavy (non-hydrogen) atoms. The molecule has 3 rings (SSSR count). The van der Waals surface area contributed by atoms with Crippen LogP contribution in [0.3, 0.4) is 0 Å². The minimum Gasteiger partial charge on any atom is -0.368 e. The van der Waals surface area contributed by atoms with Gasteiger partial charge in [0.15, 0.2) is 0 Å². The zero-order valence-corrected chi connectivity index (χ0v) is 13.4. The summed E-state index contributed by atoms with van der Waals surface area (Å²) in [5.41, 5.74) is 0. The second-order valence-electron chi connectivity index (χ2n) is 6.88. The number of likely N-dealkylation sites (N-methyl/N-ethyl adjacent to an activating group) is 1. The van der Waals surface area contributed by atoms with Crippen LogP contribution in [0.5, 0.6) is 0 Å². The van der Waals surface area contributed by atoms with Crippen LogP contribution in [0.15, 0.2) is 12.3 Å². The lowest BCUT2D eigenvalue weighted by Gasteiger charge is -2.35. The molecule has 0 radical (unpaired) electrons. The highest BCUT2D eigenvalue weighted by Gasteiger charge is 2.27. The Labute approximate surface area is 128 Å². The summed E-state index contributed by atoms with van der Waals surface area (Å²) in [6.45, 7) is 0.985. The van der Waals surface area contributed by atoms with E-state index in [0.717, 1.165) is 24.1 Å². The zero-order chi connectivity index (χ0) is 14.7. The first-order chi connectivity index (χ1) is 10.2. The van der Waals surface area contributed by atoms with E-state index in [1.165, 1.54) is 44.9 Å². The van der Waals surface area contributed by atoms with Crippen molar-refractivity contribution in [3.05, 3.63) is 18.1 Å². The molecule has 1 aromatic heterocycles. The lowest BCUT2D eigenvalue weighted by Crippen LogP contribution is -2.41. The van der Waals surface area contributed by atoms with Gasteiger partial charge >= 0.3 is 0 Å². The summed E-state index contributed by atoms with van der Waals surface area (Å²) in [6.07, 6.45) is 11.4. The average molecular weight is 288 g/mol. The van der Waals surface area contributed by atoms with Crippen LogP contribution < -0.4 is 5.32 Å². The number of aromatic nitrogens is 2. The molecule has 4 heteroatoms. The van der Waals surface area contributed by atoms with Gasteiger partial charge < -0.3 is 10.2 Å². The lowest BCUT2D eigenvalue weighted by molar-refractivity contribution is 0.179. The number of hydrogen-bond acceptors (Lipinski definition) is 4. The van der Waals surface area contributed by atoms with Crippen LogP contribution in [0.1, 0.15) is 56.7 Å². The number of nitrogens with one attached hydrogen (secondary N) is 1. The molecule has 0 aromatic carbocycles. The van der Waals surface area contributed by atoms with Crippen molar-refractivity contribution in [1.82, 2.24) is 14.9 Å². The first-order valence-electron chi connectivity index (χ1n) is 8.47. The van der Waals surface area contributed by atoms with Crippen LogP contribution in [-0.4, -0.2) is 41.5 Å². The lowest BCUT2D eigenvalue weighted by atomic mass is 9.83. The number of rotatable bonds is 6. The van der Waals surface area contributed by atoms with E-state index in [9.17, 15) is 0 Å². The van der Waals surface area contributed by atoms with Gasteiger partial charge in [-0.25, -0.2) is 9.97 Å². The van der Waals surface area contributed by atoms with E-state index in [4.69, 9.17) is 0 Å². The highest BCUT2D eigenvalue weighted by atomic mass is 15.1. The predicted molar refractivity (Wildman–Crippen MR) is 86.5 cm³/mol. The third kappa shape index (κ3) is 3.94. The molecule has 2 aliphatic carbocycles. The van der Waals surface area contributed by atoms with E-state index in [0.29, 0.717) is 12.0 Å². The van der Waals surface area contributed by atoms with Crippen LogP contribution in [0, 0.1) is 5.92 Å². The normalized spacial score (nSPS) is 21.5. The molecule has 1 aromatic rings. The Morgan fingerprint density at radius 1 is 1.19 bits per heavy atom. The Kier molecular flexibility index (Phi) is 4.73. The quantitative estimate of drug-likeness (QED) is 0.872. The summed E-state index contributed by atoms with van der Waals surface area (Å²) < 4.78 is 0. The molecule has 0 bridgehead atoms. The van der Waals surface area contributed by atoms with E-state index >= 15 is 0 Å². The van der Waals surface area contributed by atoms with Gasteiger partial charge in [0.1, 0.15) is 11.6 Å². The average Bonchev–Trinajstić information content (AvgIpc) is 3.33. The van der Waals surface area contributed by atoms with Gasteiger partial charge in [0, 0.05) is 24.7 Å². The van der Waals surface area contributed by atoms with Crippen molar-refractivity contribution in [1.29, 1.82) is 0 Å². The molecule has 2 saturated carbocycles. The Bertz CT molecular complexity index is 450. The minimum atomic E-state index is 0.602. The molecule has 116 valence electrons. The molecular weight excluding hydrogens is 260 g/mol. The molecule has 1 heterocycles. The van der Waals surface area contributed by atoms with E-state index in [-0.39, 0.29) is 0 Å². The Hall–Kier alpha value is -1.16. The van der Waals surface area contributed by atoms with Gasteiger partial charge in [-0.05, 0) is 51.8 Å². The van der Waals surface area contributed by atoms with Crippen molar-refractivity contribution in [3.63, 3.8) is 0 Å². The van der Waals surface area contributed by atoms with Gasteiger partial charge in [-0.3, -0.25) is 0 Å². The number of anilines is 1. The first kappa shape index (κ1) is 14.8. The Balaban J connectivity index is 1.59. The zero-order valence-electron chi connectivity index (χ0n) is 13.4. The van der Waals surface area contributed by atoms with Crippen molar-refractivity contribution in [2.24, 2.45) is 5.92 Å². The van der Waals surface area contributed by atoms with Crippen molar-refractivity contribution in [2.75, 3.05) is 26.0 Å². The number of hydrogen-bond donors (Lipinski definition) is 1. The fourth-order valence-corrected chi connectivity index (χ4v) is 3.51. The minimum absolute atomic E-state index is 0.602. The molecule has 0 spiro atoms. The largest absolute Gasteiger partial charge is 0.368 e. The fraction of sp³-hybridized carbons (Fsp3) is 0.765. The molecule has 1 atom stereocenters. The van der Waals surface area contributed by atoms with Crippen LogP contribution in [0.2, 0.25) is 0 Å². The second kappa shape index (κ2) is 6.73. The van der Waals surface area contributed by atoms with Gasteiger partial charge in [0.25, 0.3) is 0 Å². The molecule has 0 aliphatic heterocycles. The SMILES string of the molecule is CN(C)C(CNc1ccnc(C2CC2)n1)C1CCCCC1. The van der Waals surface area contributed by atoms with Crippen molar-refractivity contribution in [3.8, 4) is 0 Å². The summed E-state index contributed by atoms with van der Waals surface area (Å²) in [4.78, 5) is 11.4. The Morgan fingerprint density at radius 2 is 1.95 bits per heavy atom. The summed E-state index contributed by atoms with van der Waals surface area (Å²) in [7, 11) is 4.41. The number of nitrogens with zero attached hydrogens (tertiary/aromatic N) is 3. The second-order valence-corrected chi connectivity index (χ2v) is 6.88. The van der Waals surface area contributed by atoms with Crippen molar-refractivity contribution in [2.45, 2.75) is 56.9 Å². The standard InChI is InChI=1S/C17H28N4/c1-21(2)15(13-6-4-3-5-7-13)12-19-16-10-11-18-17(20-16)14-8-9-14/h10-11,13-15H,3-9,12H2,1-2H3,(H,18,19,20). The predicted octanol–water partition coefficient (Wildman–Crippen LogP) is 3.28. The van der Waals surface area contributed by atoms with Crippen LogP contribution >= 0.6 is 0 Å². The highest BCUT2D eigenvalue weighted by Crippen LogP contribution is 2.38. The van der Waals surface area contributed by atoms with E-state index in [1.807, 2.05) is 12.3 Å². The summed E-state index contributed by atoms with van der Waals surface area (Å²) in [5.74, 6) is 3.47. The molecule has 0 amide bonds. The molecular formula is C17H28N4. The molecule has 2 aliphatic rings. The van der Waals surface area contributed by atoms with Crippen molar-refractivity contribution < 1.29 is 0 Å². The van der Waals surface area contributed by atoms with Gasteiger partial charge in [0.2, 0.25) is 0 Å². The summed E-state index contributed by atoms with van der Waals surface area (Å²) in [5, 5.41) is 3.55. The van der Waals surface area contributed by atoms with Crippen LogP contribution in [0.4, 0.5) is 5.82 Å². The van der Waals surface area contributed by atoms with Gasteiger partial charge in [-0.2, -0.15) is 0 Å². The molecule has 1 N–H and O–H groups in total. The van der Waals surface area contributed by atoms with E-state index in [1.54, 1.807) is 0 Å². The van der Waals surface area contributed by atoms with Gasteiger partial charge in [-0.1, -0.05) is 19.3 Å². The monoisotopic (exact) mass is 288 g/mol. The van der Waals surface area contributed by atoms with Crippen molar-refractivity contribution >= 4 is 5.82 Å². The molecule has 4 nitrogen and oxygen atoms in total. The van der Waals surface area contributed by atoms with E-state index in [2.05, 4.69) is 34.3 Å². The van der Waals surface area contributed by atoms with Crippen LogP contribution in [0.25, 0.3) is 0 Å². The summed E-state index contributed by atoms with van der Waals surface area (Å²) >= 11 is 0. The highest BCUT2D eigenvalue weighted by molar-refractivity contribution is 5.34. The third-order valence-corrected chi connectivity index (χ3v) is 4.97. The van der Waals surface area contributed by atoms with Gasteiger partial charge in [0.05, 0.1) is 0 Å². The fourth-order valence-electron chi connectivity index (χ4n) is 3.51. The van der Waals surface area contributed by atoms with E-state index < -0.39 is 0 Å². The third-order valence-electron chi connectivity index (χ3n) is 4.97. The first-order valence-corrected chi connectivity index (χ1v) is 8.47. The Morgan fingerprint density at radius 3 is 2.62 bits per heavy atom. The maximum atomic E-state index is 4.67. The maximum Gasteiger partial charge on any atom is 0.133 e. The molecule has 1 unspecified atom stereocenters. The topological polar surface area (TPSA) is 41.0 Å². The van der Waals surface area contributed by atoms with Gasteiger partial charge in [-0.15, -0.1) is 0 Å².